The number of rotatable bonds is 6. The van der Waals surface area contributed by atoms with Crippen LogP contribution >= 0.6 is 23.6 Å². The Labute approximate surface area is 175 Å². The molecule has 0 unspecified atom stereocenters. The number of nitrogens with one attached hydrogen (secondary N) is 2. The smallest absolute Gasteiger partial charge is 0.173 e. The number of nitrogens with zero attached hydrogens (tertiary/aromatic N) is 1. The Kier molecular flexibility index (Phi) is 5.74. The number of aromatic amines is 1. The van der Waals surface area contributed by atoms with Crippen molar-refractivity contribution in [3.63, 3.8) is 0 Å². The van der Waals surface area contributed by atoms with Crippen molar-refractivity contribution < 1.29 is 0 Å². The van der Waals surface area contributed by atoms with Crippen molar-refractivity contribution >= 4 is 45.3 Å². The van der Waals surface area contributed by atoms with E-state index in [2.05, 4.69) is 63.9 Å². The summed E-state index contributed by atoms with van der Waals surface area (Å²) in [5, 5.41) is 7.57. The third-order valence-electron chi connectivity index (χ3n) is 4.90. The van der Waals surface area contributed by atoms with Crippen LogP contribution in [0.3, 0.4) is 0 Å². The maximum Gasteiger partial charge on any atom is 0.173 e. The second kappa shape index (κ2) is 8.59. The number of hydrogen-bond acceptors (Lipinski definition) is 2. The number of thiocarbonyl (C=S) groups is 1. The minimum Gasteiger partial charge on any atom is -0.358 e. The van der Waals surface area contributed by atoms with Gasteiger partial charge in [-0.05, 0) is 60.8 Å². The Bertz CT molecular complexity index is 1050. The van der Waals surface area contributed by atoms with Crippen LogP contribution in [0, 0.1) is 6.92 Å². The van der Waals surface area contributed by atoms with Crippen molar-refractivity contribution in [1.29, 1.82) is 0 Å². The predicted molar refractivity (Wildman–Crippen MR) is 124 cm³/mol. The Morgan fingerprint density at radius 1 is 1.04 bits per heavy atom. The van der Waals surface area contributed by atoms with E-state index in [4.69, 9.17) is 12.2 Å². The van der Waals surface area contributed by atoms with Crippen LogP contribution in [0.25, 0.3) is 10.9 Å². The van der Waals surface area contributed by atoms with Crippen molar-refractivity contribution in [1.82, 2.24) is 9.88 Å². The lowest BCUT2D eigenvalue weighted by Gasteiger charge is -2.25. The first kappa shape index (κ1) is 18.7. The molecule has 0 amide bonds. The second-order valence-corrected chi connectivity index (χ2v) is 8.24. The van der Waals surface area contributed by atoms with Gasteiger partial charge in [0.05, 0.1) is 6.54 Å². The lowest BCUT2D eigenvalue weighted by atomic mass is 10.1. The largest absolute Gasteiger partial charge is 0.358 e. The summed E-state index contributed by atoms with van der Waals surface area (Å²) in [5.41, 5.74) is 4.82. The Balaban J connectivity index is 1.53. The van der Waals surface area contributed by atoms with Gasteiger partial charge in [-0.15, -0.1) is 11.3 Å². The van der Waals surface area contributed by atoms with Gasteiger partial charge < -0.3 is 15.2 Å². The Morgan fingerprint density at radius 2 is 1.82 bits per heavy atom. The minimum atomic E-state index is 0.761. The third-order valence-corrected chi connectivity index (χ3v) is 6.12. The number of hydrogen-bond donors (Lipinski definition) is 2. The van der Waals surface area contributed by atoms with E-state index in [0.29, 0.717) is 0 Å². The number of aromatic nitrogens is 1. The fourth-order valence-corrected chi connectivity index (χ4v) is 4.46. The summed E-state index contributed by atoms with van der Waals surface area (Å²) in [6.07, 6.45) is 0.942. The zero-order valence-corrected chi connectivity index (χ0v) is 17.4. The molecule has 3 nitrogen and oxygen atoms in total. The van der Waals surface area contributed by atoms with E-state index in [0.717, 1.165) is 30.3 Å². The first-order valence-corrected chi connectivity index (χ1v) is 10.7. The molecule has 2 aromatic carbocycles. The molecule has 0 atom stereocenters. The molecule has 0 spiro atoms. The van der Waals surface area contributed by atoms with Crippen LogP contribution in [0.2, 0.25) is 0 Å². The average Bonchev–Trinajstić information content (AvgIpc) is 3.33. The molecule has 142 valence electrons. The summed E-state index contributed by atoms with van der Waals surface area (Å²) in [7, 11) is 0. The standard InChI is InChI=1S/C23H23N3S2/c1-17-20(21-11-5-6-12-22(21)24-17)13-14-26(16-19-10-7-15-28-19)23(27)25-18-8-3-2-4-9-18/h2-12,15,24H,13-14,16H2,1H3,(H,25,27). The topological polar surface area (TPSA) is 31.1 Å². The molecule has 2 aromatic heterocycles. The quantitative estimate of drug-likeness (QED) is 0.387. The zero-order valence-electron chi connectivity index (χ0n) is 15.8. The SMILES string of the molecule is Cc1[nH]c2ccccc2c1CCN(Cc1cccs1)C(=S)Nc1ccccc1. The summed E-state index contributed by atoms with van der Waals surface area (Å²) in [6.45, 7) is 3.83. The van der Waals surface area contributed by atoms with Crippen LogP contribution in [-0.2, 0) is 13.0 Å². The molecule has 0 aliphatic rings. The van der Waals surface area contributed by atoms with Crippen LogP contribution < -0.4 is 5.32 Å². The summed E-state index contributed by atoms with van der Waals surface area (Å²) < 4.78 is 0. The van der Waals surface area contributed by atoms with E-state index < -0.39 is 0 Å². The highest BCUT2D eigenvalue weighted by atomic mass is 32.1. The lowest BCUT2D eigenvalue weighted by molar-refractivity contribution is 0.427. The number of aryl methyl sites for hydroxylation is 1. The number of fused-ring (bicyclic) bond motifs is 1. The van der Waals surface area contributed by atoms with Gasteiger partial charge in [0.1, 0.15) is 0 Å². The monoisotopic (exact) mass is 405 g/mol. The summed E-state index contributed by atoms with van der Waals surface area (Å²) >= 11 is 7.53. The molecule has 0 fully saturated rings. The van der Waals surface area contributed by atoms with E-state index >= 15 is 0 Å². The fraction of sp³-hybridized carbons (Fsp3) is 0.174. The Hall–Kier alpha value is -2.63. The highest BCUT2D eigenvalue weighted by molar-refractivity contribution is 7.80. The second-order valence-electron chi connectivity index (χ2n) is 6.82. The molecule has 5 heteroatoms. The fourth-order valence-electron chi connectivity index (χ4n) is 3.47. The van der Waals surface area contributed by atoms with Crippen LogP contribution in [-0.4, -0.2) is 21.5 Å². The number of H-pyrrole nitrogens is 1. The number of thiophene rings is 1. The molecule has 0 bridgehead atoms. The highest BCUT2D eigenvalue weighted by Gasteiger charge is 2.14. The number of para-hydroxylation sites is 2. The third kappa shape index (κ3) is 4.26. The van der Waals surface area contributed by atoms with E-state index in [1.165, 1.54) is 27.0 Å². The molecule has 2 N–H and O–H groups in total. The molecule has 4 aromatic rings. The van der Waals surface area contributed by atoms with Crippen molar-refractivity contribution in [2.45, 2.75) is 19.9 Å². The van der Waals surface area contributed by atoms with Crippen molar-refractivity contribution in [2.75, 3.05) is 11.9 Å². The molecule has 0 saturated carbocycles. The van der Waals surface area contributed by atoms with Gasteiger partial charge in [-0.1, -0.05) is 42.5 Å². The molecule has 0 radical (unpaired) electrons. The zero-order chi connectivity index (χ0) is 19.3. The van der Waals surface area contributed by atoms with Gasteiger partial charge in [0, 0.05) is 33.7 Å². The summed E-state index contributed by atoms with van der Waals surface area (Å²) in [6, 6.07) is 22.9. The molecular formula is C23H23N3S2. The Morgan fingerprint density at radius 3 is 2.61 bits per heavy atom. The lowest BCUT2D eigenvalue weighted by Crippen LogP contribution is -2.35. The van der Waals surface area contributed by atoms with Gasteiger partial charge in [0.15, 0.2) is 5.11 Å². The average molecular weight is 406 g/mol. The van der Waals surface area contributed by atoms with Gasteiger partial charge in [0.25, 0.3) is 0 Å². The first-order valence-electron chi connectivity index (χ1n) is 9.40. The van der Waals surface area contributed by atoms with Crippen LogP contribution in [0.15, 0.2) is 72.1 Å². The van der Waals surface area contributed by atoms with E-state index in [-0.39, 0.29) is 0 Å². The molecule has 4 rings (SSSR count). The van der Waals surface area contributed by atoms with E-state index in [9.17, 15) is 0 Å². The molecule has 0 aliphatic carbocycles. The van der Waals surface area contributed by atoms with E-state index in [1.54, 1.807) is 11.3 Å². The van der Waals surface area contributed by atoms with Gasteiger partial charge in [0.2, 0.25) is 0 Å². The predicted octanol–water partition coefficient (Wildman–Crippen LogP) is 5.98. The van der Waals surface area contributed by atoms with Gasteiger partial charge in [-0.2, -0.15) is 0 Å². The van der Waals surface area contributed by atoms with Crippen molar-refractivity contribution in [3.8, 4) is 0 Å². The van der Waals surface area contributed by atoms with Crippen LogP contribution in [0.1, 0.15) is 16.1 Å². The van der Waals surface area contributed by atoms with Crippen LogP contribution in [0.4, 0.5) is 5.69 Å². The van der Waals surface area contributed by atoms with E-state index in [1.807, 2.05) is 30.3 Å². The maximum atomic E-state index is 5.77. The van der Waals surface area contributed by atoms with Gasteiger partial charge in [-0.25, -0.2) is 0 Å². The number of benzene rings is 2. The first-order chi connectivity index (χ1) is 13.7. The molecule has 2 heterocycles. The van der Waals surface area contributed by atoms with Gasteiger partial charge in [-0.3, -0.25) is 0 Å². The van der Waals surface area contributed by atoms with Gasteiger partial charge >= 0.3 is 0 Å². The van der Waals surface area contributed by atoms with Crippen LogP contribution in [0.5, 0.6) is 0 Å². The number of anilines is 1. The van der Waals surface area contributed by atoms with Crippen molar-refractivity contribution in [2.24, 2.45) is 0 Å². The normalized spacial score (nSPS) is 10.9. The summed E-state index contributed by atoms with van der Waals surface area (Å²) in [5.74, 6) is 0. The molecule has 0 aliphatic heterocycles. The molecule has 0 saturated heterocycles. The maximum absolute atomic E-state index is 5.77. The highest BCUT2D eigenvalue weighted by Crippen LogP contribution is 2.23. The minimum absolute atomic E-state index is 0.761. The summed E-state index contributed by atoms with van der Waals surface area (Å²) in [4.78, 5) is 7.07. The molecular weight excluding hydrogens is 382 g/mol. The van der Waals surface area contributed by atoms with Crippen molar-refractivity contribution in [3.05, 3.63) is 88.2 Å². The molecule has 28 heavy (non-hydrogen) atoms.